The van der Waals surface area contributed by atoms with E-state index in [-0.39, 0.29) is 0 Å². The van der Waals surface area contributed by atoms with Crippen molar-refractivity contribution >= 4 is 5.69 Å². The first-order chi connectivity index (χ1) is 8.45. The largest absolute Gasteiger partial charge is 0.371 e. The third-order valence-corrected chi connectivity index (χ3v) is 4.61. The summed E-state index contributed by atoms with van der Waals surface area (Å²) in [4.78, 5) is 2.54. The average Bonchev–Trinajstić information content (AvgIpc) is 2.30. The molecule has 2 N–H and O–H groups in total. The first-order valence-corrected chi connectivity index (χ1v) is 6.97. The lowest BCUT2D eigenvalue weighted by atomic mass is 9.73. The average molecular weight is 246 g/mol. The van der Waals surface area contributed by atoms with E-state index in [4.69, 9.17) is 5.73 Å². The standard InChI is InChI=1S/C16H26N2/c1-12-6-5-7-13(2)15(12)18-9-8-16(3,4)14(10-17)11-18/h5-7,14H,8-11,17H2,1-4H3. The second-order valence-electron chi connectivity index (χ2n) is 6.36. The van der Waals surface area contributed by atoms with E-state index in [1.165, 1.54) is 23.2 Å². The Morgan fingerprint density at radius 3 is 2.44 bits per heavy atom. The van der Waals surface area contributed by atoms with Crippen molar-refractivity contribution in [1.29, 1.82) is 0 Å². The number of hydrogen-bond donors (Lipinski definition) is 1. The van der Waals surface area contributed by atoms with Gasteiger partial charge in [0, 0.05) is 18.8 Å². The smallest absolute Gasteiger partial charge is 0.0425 e. The van der Waals surface area contributed by atoms with Gasteiger partial charge in [0.25, 0.3) is 0 Å². The van der Waals surface area contributed by atoms with E-state index in [9.17, 15) is 0 Å². The summed E-state index contributed by atoms with van der Waals surface area (Å²) in [7, 11) is 0. The van der Waals surface area contributed by atoms with E-state index in [0.717, 1.165) is 19.6 Å². The highest BCUT2D eigenvalue weighted by molar-refractivity contribution is 5.59. The van der Waals surface area contributed by atoms with Crippen LogP contribution in [0.5, 0.6) is 0 Å². The van der Waals surface area contributed by atoms with Crippen LogP contribution in [-0.4, -0.2) is 19.6 Å². The quantitative estimate of drug-likeness (QED) is 0.868. The Kier molecular flexibility index (Phi) is 3.67. The van der Waals surface area contributed by atoms with Gasteiger partial charge in [0.05, 0.1) is 0 Å². The molecule has 100 valence electrons. The van der Waals surface area contributed by atoms with Crippen LogP contribution in [0.25, 0.3) is 0 Å². The van der Waals surface area contributed by atoms with Gasteiger partial charge in [-0.15, -0.1) is 0 Å². The molecule has 0 spiro atoms. The van der Waals surface area contributed by atoms with E-state index in [2.05, 4.69) is 50.8 Å². The van der Waals surface area contributed by atoms with Crippen LogP contribution in [0.2, 0.25) is 0 Å². The van der Waals surface area contributed by atoms with Crippen molar-refractivity contribution < 1.29 is 0 Å². The van der Waals surface area contributed by atoms with E-state index in [1.807, 2.05) is 0 Å². The summed E-state index contributed by atoms with van der Waals surface area (Å²) >= 11 is 0. The molecule has 2 nitrogen and oxygen atoms in total. The summed E-state index contributed by atoms with van der Waals surface area (Å²) in [5, 5.41) is 0. The number of para-hydroxylation sites is 1. The molecule has 1 fully saturated rings. The van der Waals surface area contributed by atoms with Crippen LogP contribution >= 0.6 is 0 Å². The highest BCUT2D eigenvalue weighted by atomic mass is 15.1. The molecule has 1 unspecified atom stereocenters. The Morgan fingerprint density at radius 2 is 1.89 bits per heavy atom. The molecule has 1 aliphatic rings. The lowest BCUT2D eigenvalue weighted by Crippen LogP contribution is -2.48. The van der Waals surface area contributed by atoms with Crippen LogP contribution in [-0.2, 0) is 0 Å². The molecule has 2 rings (SSSR count). The topological polar surface area (TPSA) is 29.3 Å². The van der Waals surface area contributed by atoms with Crippen LogP contribution in [0.15, 0.2) is 18.2 Å². The monoisotopic (exact) mass is 246 g/mol. The van der Waals surface area contributed by atoms with Crippen molar-refractivity contribution in [2.45, 2.75) is 34.1 Å². The van der Waals surface area contributed by atoms with Crippen LogP contribution in [0.3, 0.4) is 0 Å². The fourth-order valence-corrected chi connectivity index (χ4v) is 3.13. The molecule has 2 heteroatoms. The predicted octanol–water partition coefficient (Wildman–Crippen LogP) is 3.11. The molecule has 0 aromatic heterocycles. The van der Waals surface area contributed by atoms with E-state index in [1.54, 1.807) is 0 Å². The number of benzene rings is 1. The molecule has 0 saturated carbocycles. The van der Waals surface area contributed by atoms with Crippen molar-refractivity contribution in [3.63, 3.8) is 0 Å². The molecule has 1 aromatic carbocycles. The number of anilines is 1. The minimum absolute atomic E-state index is 0.377. The van der Waals surface area contributed by atoms with Gasteiger partial charge in [-0.1, -0.05) is 32.0 Å². The maximum Gasteiger partial charge on any atom is 0.0425 e. The fraction of sp³-hybridized carbons (Fsp3) is 0.625. The normalized spacial score (nSPS) is 23.2. The first-order valence-electron chi connectivity index (χ1n) is 6.97. The Labute approximate surface area is 111 Å². The van der Waals surface area contributed by atoms with Gasteiger partial charge in [0.1, 0.15) is 0 Å². The summed E-state index contributed by atoms with van der Waals surface area (Å²) in [5.74, 6) is 0.588. The Bertz CT molecular complexity index is 403. The second-order valence-corrected chi connectivity index (χ2v) is 6.36. The molecular weight excluding hydrogens is 220 g/mol. The van der Waals surface area contributed by atoms with Crippen molar-refractivity contribution in [2.75, 3.05) is 24.5 Å². The highest BCUT2D eigenvalue weighted by Crippen LogP contribution is 2.38. The third kappa shape index (κ3) is 2.39. The maximum atomic E-state index is 5.97. The molecule has 0 bridgehead atoms. The van der Waals surface area contributed by atoms with Crippen molar-refractivity contribution in [3.05, 3.63) is 29.3 Å². The molecule has 0 amide bonds. The number of nitrogens with zero attached hydrogens (tertiary/aromatic N) is 1. The maximum absolute atomic E-state index is 5.97. The van der Waals surface area contributed by atoms with Crippen LogP contribution < -0.4 is 10.6 Å². The van der Waals surface area contributed by atoms with Crippen LogP contribution in [0.1, 0.15) is 31.4 Å². The zero-order valence-corrected chi connectivity index (χ0v) is 12.2. The van der Waals surface area contributed by atoms with Gasteiger partial charge in [-0.2, -0.15) is 0 Å². The molecule has 1 heterocycles. The number of nitrogens with two attached hydrogens (primary N) is 1. The third-order valence-electron chi connectivity index (χ3n) is 4.61. The molecule has 1 atom stereocenters. The first kappa shape index (κ1) is 13.4. The minimum atomic E-state index is 0.377. The summed E-state index contributed by atoms with van der Waals surface area (Å²) < 4.78 is 0. The van der Waals surface area contributed by atoms with E-state index in [0.29, 0.717) is 11.3 Å². The number of piperidine rings is 1. The molecule has 18 heavy (non-hydrogen) atoms. The molecule has 0 radical (unpaired) electrons. The lowest BCUT2D eigenvalue weighted by Gasteiger charge is -2.45. The Hall–Kier alpha value is -1.02. The fourth-order valence-electron chi connectivity index (χ4n) is 3.13. The van der Waals surface area contributed by atoms with Crippen LogP contribution in [0, 0.1) is 25.2 Å². The van der Waals surface area contributed by atoms with Gasteiger partial charge in [0.2, 0.25) is 0 Å². The molecule has 1 saturated heterocycles. The summed E-state index contributed by atoms with van der Waals surface area (Å²) in [5.41, 5.74) is 10.5. The van der Waals surface area contributed by atoms with Crippen LogP contribution in [0.4, 0.5) is 5.69 Å². The number of aryl methyl sites for hydroxylation is 2. The predicted molar refractivity (Wildman–Crippen MR) is 79.1 cm³/mol. The van der Waals surface area contributed by atoms with Crippen molar-refractivity contribution in [2.24, 2.45) is 17.1 Å². The summed E-state index contributed by atoms with van der Waals surface area (Å²) in [6, 6.07) is 6.56. The van der Waals surface area contributed by atoms with Crippen molar-refractivity contribution in [3.8, 4) is 0 Å². The van der Waals surface area contributed by atoms with Gasteiger partial charge in [0.15, 0.2) is 0 Å². The Morgan fingerprint density at radius 1 is 1.28 bits per heavy atom. The zero-order valence-electron chi connectivity index (χ0n) is 12.2. The SMILES string of the molecule is Cc1cccc(C)c1N1CCC(C)(C)C(CN)C1. The van der Waals surface area contributed by atoms with Crippen molar-refractivity contribution in [1.82, 2.24) is 0 Å². The summed E-state index contributed by atoms with van der Waals surface area (Å²) in [6.45, 7) is 12.1. The van der Waals surface area contributed by atoms with Gasteiger partial charge >= 0.3 is 0 Å². The zero-order chi connectivity index (χ0) is 13.3. The number of hydrogen-bond acceptors (Lipinski definition) is 2. The minimum Gasteiger partial charge on any atom is -0.371 e. The molecule has 0 aliphatic carbocycles. The van der Waals surface area contributed by atoms with E-state index >= 15 is 0 Å². The van der Waals surface area contributed by atoms with Gasteiger partial charge in [-0.25, -0.2) is 0 Å². The van der Waals surface area contributed by atoms with E-state index < -0.39 is 0 Å². The lowest BCUT2D eigenvalue weighted by molar-refractivity contribution is 0.177. The summed E-state index contributed by atoms with van der Waals surface area (Å²) in [6.07, 6.45) is 1.22. The van der Waals surface area contributed by atoms with Gasteiger partial charge < -0.3 is 10.6 Å². The Balaban J connectivity index is 2.26. The molecule has 1 aliphatic heterocycles. The number of rotatable bonds is 2. The van der Waals surface area contributed by atoms with Gasteiger partial charge in [-0.05, 0) is 49.3 Å². The second kappa shape index (κ2) is 4.93. The van der Waals surface area contributed by atoms with Gasteiger partial charge in [-0.3, -0.25) is 0 Å². The highest BCUT2D eigenvalue weighted by Gasteiger charge is 2.35. The molecular formula is C16H26N2. The molecule has 1 aromatic rings.